The number of nitrogens with one attached hydrogen (secondary N) is 1. The van der Waals surface area contributed by atoms with Crippen molar-refractivity contribution < 1.29 is 4.79 Å². The average molecular weight is 233 g/mol. The third-order valence-corrected chi connectivity index (χ3v) is 3.08. The predicted molar refractivity (Wildman–Crippen MR) is 67.7 cm³/mol. The Morgan fingerprint density at radius 3 is 2.71 bits per heavy atom. The molecule has 0 spiro atoms. The van der Waals surface area contributed by atoms with Gasteiger partial charge in [-0.1, -0.05) is 12.1 Å². The van der Waals surface area contributed by atoms with Crippen LogP contribution < -0.4 is 11.1 Å². The first-order valence-corrected chi connectivity index (χ1v) is 6.07. The van der Waals surface area contributed by atoms with E-state index in [1.54, 1.807) is 12.1 Å². The maximum atomic E-state index is 11.0. The average Bonchev–Trinajstić information content (AvgIpc) is 2.58. The maximum absolute atomic E-state index is 11.0. The topological polar surface area (TPSA) is 58.4 Å². The molecule has 17 heavy (non-hydrogen) atoms. The van der Waals surface area contributed by atoms with Gasteiger partial charge in [-0.05, 0) is 37.2 Å². The minimum atomic E-state index is -0.365. The standard InChI is InChI=1S/C13H19N3O/c14-13(17)12-4-2-11(3-5-12)10-16-8-1-6-15-7-9-16/h2-5,15H,1,6-10H2,(H2,14,17). The maximum Gasteiger partial charge on any atom is 0.248 e. The SMILES string of the molecule is NC(=O)c1ccc(CN2CCCNCC2)cc1. The zero-order valence-corrected chi connectivity index (χ0v) is 9.98. The third kappa shape index (κ3) is 3.54. The van der Waals surface area contributed by atoms with E-state index in [0.717, 1.165) is 32.7 Å². The minimum absolute atomic E-state index is 0.365. The Kier molecular flexibility index (Phi) is 4.12. The number of primary amides is 1. The molecule has 1 amide bonds. The monoisotopic (exact) mass is 233 g/mol. The van der Waals surface area contributed by atoms with Crippen molar-refractivity contribution in [1.29, 1.82) is 0 Å². The fraction of sp³-hybridized carbons (Fsp3) is 0.462. The molecule has 0 saturated carbocycles. The summed E-state index contributed by atoms with van der Waals surface area (Å²) in [5, 5.41) is 3.38. The van der Waals surface area contributed by atoms with Crippen molar-refractivity contribution >= 4 is 5.91 Å². The second kappa shape index (κ2) is 5.80. The number of rotatable bonds is 3. The Labute approximate surface area is 102 Å². The number of hydrogen-bond donors (Lipinski definition) is 2. The van der Waals surface area contributed by atoms with E-state index in [2.05, 4.69) is 10.2 Å². The van der Waals surface area contributed by atoms with Gasteiger partial charge in [0.05, 0.1) is 0 Å². The van der Waals surface area contributed by atoms with Crippen molar-refractivity contribution in [3.8, 4) is 0 Å². The molecular weight excluding hydrogens is 214 g/mol. The smallest absolute Gasteiger partial charge is 0.248 e. The zero-order chi connectivity index (χ0) is 12.1. The summed E-state index contributed by atoms with van der Waals surface area (Å²) in [6.45, 7) is 5.32. The lowest BCUT2D eigenvalue weighted by atomic mass is 10.1. The van der Waals surface area contributed by atoms with Gasteiger partial charge in [0, 0.05) is 25.2 Å². The first kappa shape index (κ1) is 12.1. The van der Waals surface area contributed by atoms with Gasteiger partial charge in [-0.15, -0.1) is 0 Å². The van der Waals surface area contributed by atoms with Crippen molar-refractivity contribution in [2.24, 2.45) is 5.73 Å². The molecule has 4 heteroatoms. The lowest BCUT2D eigenvalue weighted by molar-refractivity contribution is 0.100. The number of hydrogen-bond acceptors (Lipinski definition) is 3. The molecular formula is C13H19N3O. The Morgan fingerprint density at radius 2 is 2.00 bits per heavy atom. The zero-order valence-electron chi connectivity index (χ0n) is 9.98. The highest BCUT2D eigenvalue weighted by atomic mass is 16.1. The molecule has 1 aromatic rings. The summed E-state index contributed by atoms with van der Waals surface area (Å²) in [6.07, 6.45) is 1.19. The molecule has 1 aromatic carbocycles. The lowest BCUT2D eigenvalue weighted by Crippen LogP contribution is -2.27. The highest BCUT2D eigenvalue weighted by molar-refractivity contribution is 5.92. The van der Waals surface area contributed by atoms with Gasteiger partial charge in [-0.25, -0.2) is 0 Å². The molecule has 4 nitrogen and oxygen atoms in total. The highest BCUT2D eigenvalue weighted by Crippen LogP contribution is 2.08. The summed E-state index contributed by atoms with van der Waals surface area (Å²) in [5.41, 5.74) is 7.02. The summed E-state index contributed by atoms with van der Waals surface area (Å²) in [4.78, 5) is 13.4. The van der Waals surface area contributed by atoms with Crippen LogP contribution in [0, 0.1) is 0 Å². The first-order chi connectivity index (χ1) is 8.25. The fourth-order valence-electron chi connectivity index (χ4n) is 2.09. The van der Waals surface area contributed by atoms with Crippen molar-refractivity contribution in [1.82, 2.24) is 10.2 Å². The van der Waals surface area contributed by atoms with E-state index < -0.39 is 0 Å². The molecule has 0 aromatic heterocycles. The van der Waals surface area contributed by atoms with E-state index in [1.165, 1.54) is 12.0 Å². The summed E-state index contributed by atoms with van der Waals surface area (Å²) >= 11 is 0. The van der Waals surface area contributed by atoms with Crippen molar-refractivity contribution in [3.05, 3.63) is 35.4 Å². The molecule has 1 fully saturated rings. The van der Waals surface area contributed by atoms with Crippen LogP contribution in [-0.4, -0.2) is 37.0 Å². The molecule has 0 radical (unpaired) electrons. The molecule has 1 aliphatic rings. The molecule has 0 bridgehead atoms. The van der Waals surface area contributed by atoms with Gasteiger partial charge in [0.25, 0.3) is 0 Å². The molecule has 1 saturated heterocycles. The number of nitrogens with two attached hydrogens (primary N) is 1. The Hall–Kier alpha value is -1.39. The van der Waals surface area contributed by atoms with Crippen LogP contribution in [0.5, 0.6) is 0 Å². The van der Waals surface area contributed by atoms with Crippen LogP contribution in [0.15, 0.2) is 24.3 Å². The fourth-order valence-corrected chi connectivity index (χ4v) is 2.09. The normalized spacial score (nSPS) is 17.6. The number of benzene rings is 1. The second-order valence-corrected chi connectivity index (χ2v) is 4.44. The minimum Gasteiger partial charge on any atom is -0.366 e. The van der Waals surface area contributed by atoms with Gasteiger partial charge in [0.1, 0.15) is 0 Å². The lowest BCUT2D eigenvalue weighted by Gasteiger charge is -2.19. The second-order valence-electron chi connectivity index (χ2n) is 4.44. The van der Waals surface area contributed by atoms with Gasteiger partial charge in [-0.3, -0.25) is 9.69 Å². The number of carbonyl (C=O) groups excluding carboxylic acids is 1. The van der Waals surface area contributed by atoms with Crippen LogP contribution >= 0.6 is 0 Å². The molecule has 0 unspecified atom stereocenters. The summed E-state index contributed by atoms with van der Waals surface area (Å²) in [7, 11) is 0. The van der Waals surface area contributed by atoms with Gasteiger partial charge in [-0.2, -0.15) is 0 Å². The molecule has 1 heterocycles. The van der Waals surface area contributed by atoms with Gasteiger partial charge in [0.15, 0.2) is 0 Å². The quantitative estimate of drug-likeness (QED) is 0.803. The van der Waals surface area contributed by atoms with Crippen molar-refractivity contribution in [2.45, 2.75) is 13.0 Å². The van der Waals surface area contributed by atoms with E-state index in [-0.39, 0.29) is 5.91 Å². The molecule has 1 aliphatic heterocycles. The third-order valence-electron chi connectivity index (χ3n) is 3.08. The predicted octanol–water partition coefficient (Wildman–Crippen LogP) is 0.581. The Balaban J connectivity index is 1.95. The molecule has 0 aliphatic carbocycles. The van der Waals surface area contributed by atoms with Crippen LogP contribution in [0.25, 0.3) is 0 Å². The van der Waals surface area contributed by atoms with Crippen molar-refractivity contribution in [3.63, 3.8) is 0 Å². The summed E-state index contributed by atoms with van der Waals surface area (Å²) in [5.74, 6) is -0.365. The number of nitrogens with zero attached hydrogens (tertiary/aromatic N) is 1. The van der Waals surface area contributed by atoms with Crippen molar-refractivity contribution in [2.75, 3.05) is 26.2 Å². The summed E-state index contributed by atoms with van der Waals surface area (Å²) < 4.78 is 0. The van der Waals surface area contributed by atoms with E-state index in [4.69, 9.17) is 5.73 Å². The molecule has 2 rings (SSSR count). The van der Waals surface area contributed by atoms with Gasteiger partial charge >= 0.3 is 0 Å². The van der Waals surface area contributed by atoms with Crippen LogP contribution in [0.2, 0.25) is 0 Å². The summed E-state index contributed by atoms with van der Waals surface area (Å²) in [6, 6.07) is 7.57. The van der Waals surface area contributed by atoms with E-state index in [1.807, 2.05) is 12.1 Å². The van der Waals surface area contributed by atoms with E-state index in [0.29, 0.717) is 5.56 Å². The van der Waals surface area contributed by atoms with E-state index in [9.17, 15) is 4.79 Å². The van der Waals surface area contributed by atoms with E-state index >= 15 is 0 Å². The van der Waals surface area contributed by atoms with Crippen LogP contribution in [0.4, 0.5) is 0 Å². The molecule has 0 atom stereocenters. The van der Waals surface area contributed by atoms with Gasteiger partial charge in [0.2, 0.25) is 5.91 Å². The van der Waals surface area contributed by atoms with Gasteiger partial charge < -0.3 is 11.1 Å². The van der Waals surface area contributed by atoms with Crippen LogP contribution in [0.1, 0.15) is 22.3 Å². The molecule has 3 N–H and O–H groups in total. The Bertz CT molecular complexity index is 367. The Morgan fingerprint density at radius 1 is 1.24 bits per heavy atom. The highest BCUT2D eigenvalue weighted by Gasteiger charge is 2.09. The molecule has 92 valence electrons. The van der Waals surface area contributed by atoms with Crippen LogP contribution in [-0.2, 0) is 6.54 Å². The first-order valence-electron chi connectivity index (χ1n) is 6.07. The largest absolute Gasteiger partial charge is 0.366 e. The number of amides is 1. The van der Waals surface area contributed by atoms with Crippen LogP contribution in [0.3, 0.4) is 0 Å². The number of carbonyl (C=O) groups is 1.